The minimum atomic E-state index is -0.338. The SMILES string of the molecule is CN(C)C(CNC(=O)[C@@H]1CC[C@H](CN)O1)c1cccs1. The van der Waals surface area contributed by atoms with Crippen LogP contribution in [0.2, 0.25) is 0 Å². The lowest BCUT2D eigenvalue weighted by Crippen LogP contribution is -2.40. The number of ether oxygens (including phenoxy) is 1. The molecule has 0 radical (unpaired) electrons. The van der Waals surface area contributed by atoms with Crippen molar-refractivity contribution in [2.75, 3.05) is 27.2 Å². The van der Waals surface area contributed by atoms with Gasteiger partial charge in [0.2, 0.25) is 5.91 Å². The van der Waals surface area contributed by atoms with Crippen LogP contribution < -0.4 is 11.1 Å². The molecule has 0 bridgehead atoms. The predicted octanol–water partition coefficient (Wildman–Crippen LogP) is 0.973. The lowest BCUT2D eigenvalue weighted by Gasteiger charge is -2.24. The van der Waals surface area contributed by atoms with Crippen LogP contribution in [0.3, 0.4) is 0 Å². The van der Waals surface area contributed by atoms with Crippen LogP contribution >= 0.6 is 11.3 Å². The molecule has 0 aromatic carbocycles. The third-order valence-corrected chi connectivity index (χ3v) is 4.60. The van der Waals surface area contributed by atoms with Gasteiger partial charge in [-0.15, -0.1) is 11.3 Å². The maximum atomic E-state index is 12.1. The van der Waals surface area contributed by atoms with Crippen LogP contribution in [-0.2, 0) is 9.53 Å². The zero-order chi connectivity index (χ0) is 14.5. The number of hydrogen-bond acceptors (Lipinski definition) is 5. The van der Waals surface area contributed by atoms with Crippen molar-refractivity contribution in [3.05, 3.63) is 22.4 Å². The van der Waals surface area contributed by atoms with Crippen LogP contribution in [0.15, 0.2) is 17.5 Å². The van der Waals surface area contributed by atoms with Crippen molar-refractivity contribution in [3.63, 3.8) is 0 Å². The van der Waals surface area contributed by atoms with E-state index in [0.29, 0.717) is 13.1 Å². The monoisotopic (exact) mass is 297 g/mol. The van der Waals surface area contributed by atoms with E-state index in [1.165, 1.54) is 4.88 Å². The first-order valence-corrected chi connectivity index (χ1v) is 7.83. The Hall–Kier alpha value is -0.950. The molecule has 3 atom stereocenters. The first kappa shape index (κ1) is 15.4. The standard InChI is InChI=1S/C14H23N3O2S/c1-17(2)11(13-4-3-7-20-13)9-16-14(18)12-6-5-10(8-15)19-12/h3-4,7,10-12H,5-6,8-9,15H2,1-2H3,(H,16,18)/t10-,11?,12+/m1/s1. The molecule has 5 nitrogen and oxygen atoms in total. The number of thiophene rings is 1. The lowest BCUT2D eigenvalue weighted by atomic mass is 10.1. The van der Waals surface area contributed by atoms with Gasteiger partial charge in [0.25, 0.3) is 0 Å². The largest absolute Gasteiger partial charge is 0.364 e. The normalized spacial score (nSPS) is 24.0. The van der Waals surface area contributed by atoms with Gasteiger partial charge in [-0.25, -0.2) is 0 Å². The van der Waals surface area contributed by atoms with Crippen LogP contribution in [0.25, 0.3) is 0 Å². The number of rotatable bonds is 6. The Morgan fingerprint density at radius 1 is 1.60 bits per heavy atom. The van der Waals surface area contributed by atoms with Crippen molar-refractivity contribution in [3.8, 4) is 0 Å². The molecule has 1 unspecified atom stereocenters. The van der Waals surface area contributed by atoms with E-state index >= 15 is 0 Å². The summed E-state index contributed by atoms with van der Waals surface area (Å²) < 4.78 is 5.61. The van der Waals surface area contributed by atoms with Gasteiger partial charge >= 0.3 is 0 Å². The molecule has 0 spiro atoms. The van der Waals surface area contributed by atoms with E-state index < -0.39 is 0 Å². The summed E-state index contributed by atoms with van der Waals surface area (Å²) in [7, 11) is 4.04. The van der Waals surface area contributed by atoms with Crippen molar-refractivity contribution in [1.29, 1.82) is 0 Å². The van der Waals surface area contributed by atoms with E-state index in [1.54, 1.807) is 11.3 Å². The third-order valence-electron chi connectivity index (χ3n) is 3.63. The Balaban J connectivity index is 1.85. The highest BCUT2D eigenvalue weighted by Crippen LogP contribution is 2.23. The van der Waals surface area contributed by atoms with Crippen molar-refractivity contribution in [1.82, 2.24) is 10.2 Å². The zero-order valence-electron chi connectivity index (χ0n) is 12.0. The minimum Gasteiger partial charge on any atom is -0.364 e. The van der Waals surface area contributed by atoms with Crippen LogP contribution in [0.1, 0.15) is 23.8 Å². The molecule has 1 saturated heterocycles. The molecule has 0 saturated carbocycles. The average Bonchev–Trinajstić information content (AvgIpc) is 3.09. The van der Waals surface area contributed by atoms with Crippen LogP contribution in [0.4, 0.5) is 0 Å². The molecule has 112 valence electrons. The van der Waals surface area contributed by atoms with Crippen LogP contribution in [0, 0.1) is 0 Å². The van der Waals surface area contributed by atoms with Crippen LogP contribution in [0.5, 0.6) is 0 Å². The van der Waals surface area contributed by atoms with Gasteiger partial charge in [-0.3, -0.25) is 4.79 Å². The highest BCUT2D eigenvalue weighted by molar-refractivity contribution is 7.10. The second kappa shape index (κ2) is 7.17. The Labute approximate surface area is 124 Å². The molecule has 1 amide bonds. The van der Waals surface area contributed by atoms with Crippen molar-refractivity contribution in [2.45, 2.75) is 31.1 Å². The fraction of sp³-hybridized carbons (Fsp3) is 0.643. The third kappa shape index (κ3) is 3.79. The van der Waals surface area contributed by atoms with Crippen molar-refractivity contribution >= 4 is 17.2 Å². The molecule has 1 aliphatic rings. The van der Waals surface area contributed by atoms with Crippen molar-refractivity contribution in [2.24, 2.45) is 5.73 Å². The topological polar surface area (TPSA) is 67.6 Å². The van der Waals surface area contributed by atoms with Gasteiger partial charge in [-0.1, -0.05) is 6.07 Å². The summed E-state index contributed by atoms with van der Waals surface area (Å²) in [5.74, 6) is -0.0237. The maximum absolute atomic E-state index is 12.1. The van der Waals surface area contributed by atoms with Gasteiger partial charge < -0.3 is 20.7 Å². The second-order valence-corrected chi connectivity index (χ2v) is 6.28. The number of amides is 1. The molecule has 3 N–H and O–H groups in total. The predicted molar refractivity (Wildman–Crippen MR) is 80.7 cm³/mol. The number of hydrogen-bond donors (Lipinski definition) is 2. The molecule has 1 aromatic rings. The Bertz CT molecular complexity index is 422. The molecule has 0 aliphatic carbocycles. The number of nitrogens with one attached hydrogen (secondary N) is 1. The highest BCUT2D eigenvalue weighted by Gasteiger charge is 2.30. The molecular formula is C14H23N3O2S. The van der Waals surface area contributed by atoms with E-state index in [0.717, 1.165) is 12.8 Å². The minimum absolute atomic E-state index is 0.0237. The first-order valence-electron chi connectivity index (χ1n) is 6.95. The van der Waals surface area contributed by atoms with E-state index in [2.05, 4.69) is 21.7 Å². The molecule has 6 heteroatoms. The van der Waals surface area contributed by atoms with Gasteiger partial charge in [0.05, 0.1) is 12.1 Å². The molecule has 1 aromatic heterocycles. The number of nitrogens with zero attached hydrogens (tertiary/aromatic N) is 1. The quantitative estimate of drug-likeness (QED) is 0.821. The second-order valence-electron chi connectivity index (χ2n) is 5.30. The number of nitrogens with two attached hydrogens (primary N) is 1. The summed E-state index contributed by atoms with van der Waals surface area (Å²) in [4.78, 5) is 15.5. The summed E-state index contributed by atoms with van der Waals surface area (Å²) >= 11 is 1.71. The summed E-state index contributed by atoms with van der Waals surface area (Å²) in [6, 6.07) is 4.33. The van der Waals surface area contributed by atoms with E-state index in [1.807, 2.05) is 20.2 Å². The van der Waals surface area contributed by atoms with Crippen molar-refractivity contribution < 1.29 is 9.53 Å². The molecular weight excluding hydrogens is 274 g/mol. The summed E-state index contributed by atoms with van der Waals surface area (Å²) in [5, 5.41) is 5.05. The smallest absolute Gasteiger partial charge is 0.249 e. The molecule has 1 aliphatic heterocycles. The Morgan fingerprint density at radius 2 is 2.40 bits per heavy atom. The molecule has 1 fully saturated rings. The van der Waals surface area contributed by atoms with Gasteiger partial charge in [0, 0.05) is 18.0 Å². The zero-order valence-corrected chi connectivity index (χ0v) is 12.9. The Morgan fingerprint density at radius 3 is 2.95 bits per heavy atom. The van der Waals surface area contributed by atoms with Gasteiger partial charge in [0.1, 0.15) is 6.10 Å². The van der Waals surface area contributed by atoms with E-state index in [-0.39, 0.29) is 24.2 Å². The van der Waals surface area contributed by atoms with Crippen LogP contribution in [-0.4, -0.2) is 50.2 Å². The van der Waals surface area contributed by atoms with Gasteiger partial charge in [-0.2, -0.15) is 0 Å². The Kier molecular flexibility index (Phi) is 5.54. The number of carbonyl (C=O) groups is 1. The average molecular weight is 297 g/mol. The molecule has 2 heterocycles. The number of carbonyl (C=O) groups excluding carboxylic acids is 1. The summed E-state index contributed by atoms with van der Waals surface area (Å²) in [6.45, 7) is 1.08. The lowest BCUT2D eigenvalue weighted by molar-refractivity contribution is -0.132. The van der Waals surface area contributed by atoms with Gasteiger partial charge in [0.15, 0.2) is 0 Å². The summed E-state index contributed by atoms with van der Waals surface area (Å²) in [6.07, 6.45) is 1.33. The molecule has 20 heavy (non-hydrogen) atoms. The van der Waals surface area contributed by atoms with E-state index in [4.69, 9.17) is 10.5 Å². The summed E-state index contributed by atoms with van der Waals surface area (Å²) in [5.41, 5.74) is 5.56. The number of likely N-dealkylation sites (N-methyl/N-ethyl adjacent to an activating group) is 1. The maximum Gasteiger partial charge on any atom is 0.249 e. The first-order chi connectivity index (χ1) is 9.61. The highest BCUT2D eigenvalue weighted by atomic mass is 32.1. The van der Waals surface area contributed by atoms with Gasteiger partial charge in [-0.05, 0) is 38.4 Å². The fourth-order valence-electron chi connectivity index (χ4n) is 2.40. The molecule has 2 rings (SSSR count). The van der Waals surface area contributed by atoms with E-state index in [9.17, 15) is 4.79 Å². The fourth-order valence-corrected chi connectivity index (χ4v) is 3.32.